The lowest BCUT2D eigenvalue weighted by Crippen LogP contribution is -2.16. The highest BCUT2D eigenvalue weighted by atomic mass is 15.0. The van der Waals surface area contributed by atoms with E-state index < -0.39 is 0 Å². The lowest BCUT2D eigenvalue weighted by Gasteiger charge is -2.05. The average Bonchev–Trinajstić information content (AvgIpc) is 1.85. The van der Waals surface area contributed by atoms with Crippen LogP contribution in [0.1, 0.15) is 6.42 Å². The van der Waals surface area contributed by atoms with Crippen molar-refractivity contribution < 1.29 is 0 Å². The van der Waals surface area contributed by atoms with Crippen molar-refractivity contribution in [3.8, 4) is 0 Å². The highest BCUT2D eigenvalue weighted by molar-refractivity contribution is 5.29. The molecule has 0 fully saturated rings. The minimum absolute atomic E-state index is 0.804. The maximum atomic E-state index is 5.62. The molecule has 0 spiro atoms. The van der Waals surface area contributed by atoms with E-state index in [0.717, 1.165) is 19.5 Å². The third-order valence-corrected chi connectivity index (χ3v) is 0.809. The topological polar surface area (TPSA) is 77.0 Å². The van der Waals surface area contributed by atoms with Gasteiger partial charge in [0.05, 0.1) is 6.01 Å². The van der Waals surface area contributed by atoms with Gasteiger partial charge in [0.1, 0.15) is 0 Å². The number of nitrogens with zero attached hydrogens (tertiary/aromatic N) is 1. The second-order valence-electron chi connectivity index (χ2n) is 2.07. The van der Waals surface area contributed by atoms with Crippen molar-refractivity contribution in [2.75, 3.05) is 27.2 Å². The molecule has 0 radical (unpaired) electrons. The number of rotatable bonds is 3. The zero-order chi connectivity index (χ0) is 8.41. The van der Waals surface area contributed by atoms with Crippen molar-refractivity contribution in [2.45, 2.75) is 6.42 Å². The number of hydrogen-bond acceptors (Lipinski definition) is 4. The van der Waals surface area contributed by atoms with Gasteiger partial charge < -0.3 is 10.6 Å². The maximum Gasteiger partial charge on any atom is 0.0831 e. The van der Waals surface area contributed by atoms with Crippen LogP contribution in [0, 0.1) is 10.8 Å². The Balaban J connectivity index is 0. The molecule has 0 rings (SSSR count). The summed E-state index contributed by atoms with van der Waals surface area (Å²) < 4.78 is 0. The molecule has 4 heteroatoms. The third kappa shape index (κ3) is 26.6. The first kappa shape index (κ1) is 12.0. The van der Waals surface area contributed by atoms with Crippen LogP contribution in [0.3, 0.4) is 0 Å². The van der Waals surface area contributed by atoms with Crippen molar-refractivity contribution in [2.24, 2.45) is 5.73 Å². The smallest absolute Gasteiger partial charge is 0.0831 e. The zero-order valence-corrected chi connectivity index (χ0v) is 6.65. The van der Waals surface area contributed by atoms with Gasteiger partial charge in [0.15, 0.2) is 0 Å². The van der Waals surface area contributed by atoms with E-state index in [1.807, 2.05) is 0 Å². The Morgan fingerprint density at radius 1 is 1.40 bits per heavy atom. The molecule has 4 nitrogen and oxygen atoms in total. The summed E-state index contributed by atoms with van der Waals surface area (Å²) in [5.74, 6) is 0. The SMILES string of the molecule is CN(C)CCCN.N=C=N. The van der Waals surface area contributed by atoms with E-state index in [-0.39, 0.29) is 0 Å². The van der Waals surface area contributed by atoms with Crippen LogP contribution in [0.5, 0.6) is 0 Å². The Kier molecular flexibility index (Phi) is 13.4. The summed E-state index contributed by atoms with van der Waals surface area (Å²) in [5, 5.41) is 11.2. The molecule has 0 aromatic rings. The summed E-state index contributed by atoms with van der Waals surface area (Å²) in [6.07, 6.45) is 1.10. The maximum absolute atomic E-state index is 5.62. The van der Waals surface area contributed by atoms with Crippen LogP contribution in [0.25, 0.3) is 0 Å². The molecule has 0 atom stereocenters. The van der Waals surface area contributed by atoms with Crippen molar-refractivity contribution in [1.82, 2.24) is 4.90 Å². The van der Waals surface area contributed by atoms with Crippen molar-refractivity contribution in [1.29, 1.82) is 10.8 Å². The van der Waals surface area contributed by atoms with E-state index in [0.29, 0.717) is 0 Å². The first-order chi connectivity index (χ1) is 4.68. The van der Waals surface area contributed by atoms with Gasteiger partial charge in [0.25, 0.3) is 0 Å². The number of nitrogens with two attached hydrogens (primary N) is 1. The predicted octanol–water partition coefficient (Wildman–Crippen LogP) is 0.215. The van der Waals surface area contributed by atoms with Crippen LogP contribution in [-0.2, 0) is 0 Å². The van der Waals surface area contributed by atoms with E-state index in [9.17, 15) is 0 Å². The lowest BCUT2D eigenvalue weighted by molar-refractivity contribution is 0.403. The molecular formula is C6H16N4. The Morgan fingerprint density at radius 3 is 1.90 bits per heavy atom. The van der Waals surface area contributed by atoms with Crippen molar-refractivity contribution in [3.63, 3.8) is 0 Å². The Hall–Kier alpha value is -0.700. The molecular weight excluding hydrogens is 128 g/mol. The molecule has 0 aromatic heterocycles. The van der Waals surface area contributed by atoms with E-state index in [1.54, 1.807) is 0 Å². The molecule has 10 heavy (non-hydrogen) atoms. The molecule has 60 valence electrons. The normalized spacial score (nSPS) is 8.00. The van der Waals surface area contributed by atoms with Gasteiger partial charge in [-0.05, 0) is 33.6 Å². The molecule has 0 amide bonds. The Morgan fingerprint density at radius 2 is 1.80 bits per heavy atom. The summed E-state index contributed by atoms with van der Waals surface area (Å²) in [5.41, 5.74) is 5.25. The molecule has 0 heterocycles. The third-order valence-electron chi connectivity index (χ3n) is 0.809. The molecule has 4 N–H and O–H groups in total. The average molecular weight is 144 g/mol. The highest BCUT2D eigenvalue weighted by Gasteiger charge is 1.83. The van der Waals surface area contributed by atoms with Crippen molar-refractivity contribution >= 4 is 6.01 Å². The van der Waals surface area contributed by atoms with Crippen LogP contribution >= 0.6 is 0 Å². The molecule has 0 saturated heterocycles. The van der Waals surface area contributed by atoms with Gasteiger partial charge in [-0.1, -0.05) is 0 Å². The second kappa shape index (κ2) is 11.1. The first-order valence-corrected chi connectivity index (χ1v) is 3.12. The summed E-state index contributed by atoms with van der Waals surface area (Å²) >= 11 is 0. The fourth-order valence-electron chi connectivity index (χ4n) is 0.408. The van der Waals surface area contributed by atoms with Crippen LogP contribution < -0.4 is 5.73 Å². The Bertz CT molecular complexity index is 83.7. The van der Waals surface area contributed by atoms with Crippen LogP contribution in [0.4, 0.5) is 0 Å². The number of hydrogen-bond donors (Lipinski definition) is 3. The summed E-state index contributed by atoms with van der Waals surface area (Å²) in [4.78, 5) is 2.13. The molecule has 0 aliphatic rings. The monoisotopic (exact) mass is 144 g/mol. The molecule has 0 bridgehead atoms. The van der Waals surface area contributed by atoms with Crippen LogP contribution in [-0.4, -0.2) is 38.1 Å². The second-order valence-corrected chi connectivity index (χ2v) is 2.07. The lowest BCUT2D eigenvalue weighted by atomic mass is 10.4. The van der Waals surface area contributed by atoms with Gasteiger partial charge in [0, 0.05) is 0 Å². The van der Waals surface area contributed by atoms with E-state index in [2.05, 4.69) is 19.0 Å². The van der Waals surface area contributed by atoms with Gasteiger partial charge in [-0.25, -0.2) is 10.8 Å². The largest absolute Gasteiger partial charge is 0.330 e. The summed E-state index contributed by atoms with van der Waals surface area (Å²) in [6.45, 7) is 1.91. The van der Waals surface area contributed by atoms with E-state index in [1.165, 1.54) is 6.01 Å². The summed E-state index contributed by atoms with van der Waals surface area (Å²) in [7, 11) is 4.10. The molecule has 0 saturated carbocycles. The molecule has 0 aromatic carbocycles. The Labute approximate surface area is 62.0 Å². The first-order valence-electron chi connectivity index (χ1n) is 3.12. The van der Waals surface area contributed by atoms with E-state index >= 15 is 0 Å². The van der Waals surface area contributed by atoms with Gasteiger partial charge in [-0.15, -0.1) is 0 Å². The fourth-order valence-corrected chi connectivity index (χ4v) is 0.408. The van der Waals surface area contributed by atoms with Crippen molar-refractivity contribution in [3.05, 3.63) is 0 Å². The quantitative estimate of drug-likeness (QED) is 0.495. The van der Waals surface area contributed by atoms with Gasteiger partial charge in [-0.2, -0.15) is 0 Å². The number of nitrogens with one attached hydrogen (secondary N) is 2. The fraction of sp³-hybridized carbons (Fsp3) is 0.833. The minimum Gasteiger partial charge on any atom is -0.330 e. The van der Waals surface area contributed by atoms with E-state index in [4.69, 9.17) is 16.6 Å². The highest BCUT2D eigenvalue weighted by Crippen LogP contribution is 1.76. The van der Waals surface area contributed by atoms with Crippen LogP contribution in [0.2, 0.25) is 0 Å². The van der Waals surface area contributed by atoms with Gasteiger partial charge in [0.2, 0.25) is 0 Å². The zero-order valence-electron chi connectivity index (χ0n) is 6.65. The standard InChI is InChI=1S/C5H14N2.CH2N2/c1-7(2)5-3-4-6;2-1-3/h3-6H2,1-2H3;2-3H. The van der Waals surface area contributed by atoms with Gasteiger partial charge in [-0.3, -0.25) is 0 Å². The molecule has 0 unspecified atom stereocenters. The summed E-state index contributed by atoms with van der Waals surface area (Å²) in [6, 6.07) is 1.25. The minimum atomic E-state index is 0.804. The van der Waals surface area contributed by atoms with Gasteiger partial charge >= 0.3 is 0 Å². The molecule has 0 aliphatic carbocycles. The van der Waals surface area contributed by atoms with Crippen LogP contribution in [0.15, 0.2) is 0 Å². The molecule has 0 aliphatic heterocycles. The predicted molar refractivity (Wildman–Crippen MR) is 42.7 cm³/mol.